The molecule has 2 rings (SSSR count). The molecule has 0 fully saturated rings. The van der Waals surface area contributed by atoms with E-state index < -0.39 is 18.3 Å². The van der Waals surface area contributed by atoms with Crippen molar-refractivity contribution in [3.8, 4) is 0 Å². The molecule has 0 unspecified atom stereocenters. The summed E-state index contributed by atoms with van der Waals surface area (Å²) in [5.41, 5.74) is 1.60. The van der Waals surface area contributed by atoms with Crippen LogP contribution >= 0.6 is 0 Å². The van der Waals surface area contributed by atoms with Crippen LogP contribution in [-0.4, -0.2) is 33.6 Å². The van der Waals surface area contributed by atoms with Gasteiger partial charge in [0, 0.05) is 0 Å². The van der Waals surface area contributed by atoms with Crippen LogP contribution < -0.4 is 0 Å². The minimum Gasteiger partial charge on any atom is -0.388 e. The summed E-state index contributed by atoms with van der Waals surface area (Å²) in [5, 5.41) is 28.2. The quantitative estimate of drug-likeness (QED) is 0.466. The Balaban J connectivity index is 2.33. The molecular formula is C9H12O3. The Morgan fingerprint density at radius 2 is 2.00 bits per heavy atom. The van der Waals surface area contributed by atoms with Crippen LogP contribution in [0.5, 0.6) is 0 Å². The van der Waals surface area contributed by atoms with Gasteiger partial charge >= 0.3 is 0 Å². The van der Waals surface area contributed by atoms with E-state index in [-0.39, 0.29) is 0 Å². The maximum absolute atomic E-state index is 9.50. The summed E-state index contributed by atoms with van der Waals surface area (Å²) in [4.78, 5) is 0. The molecule has 0 heterocycles. The van der Waals surface area contributed by atoms with Gasteiger partial charge in [0.1, 0.15) is 12.2 Å². The zero-order valence-corrected chi connectivity index (χ0v) is 6.64. The number of hydrogen-bond donors (Lipinski definition) is 3. The van der Waals surface area contributed by atoms with Crippen LogP contribution in [0.25, 0.3) is 0 Å². The van der Waals surface area contributed by atoms with Gasteiger partial charge in [-0.05, 0) is 24.0 Å². The fourth-order valence-corrected chi connectivity index (χ4v) is 1.86. The van der Waals surface area contributed by atoms with Crippen molar-refractivity contribution in [1.82, 2.24) is 0 Å². The first-order valence-corrected chi connectivity index (χ1v) is 4.15. The van der Waals surface area contributed by atoms with E-state index in [0.717, 1.165) is 11.1 Å². The Hall–Kier alpha value is -0.640. The molecule has 0 radical (unpaired) electrons. The molecule has 0 aliphatic heterocycles. The lowest BCUT2D eigenvalue weighted by Crippen LogP contribution is -2.28. The number of aliphatic hydroxyl groups excluding tert-OH is 3. The smallest absolute Gasteiger partial charge is 0.105 e. The number of rotatable bonds is 0. The van der Waals surface area contributed by atoms with Crippen LogP contribution in [0.3, 0.4) is 0 Å². The molecule has 3 heteroatoms. The van der Waals surface area contributed by atoms with Crippen LogP contribution in [-0.2, 0) is 0 Å². The van der Waals surface area contributed by atoms with Crippen molar-refractivity contribution in [2.75, 3.05) is 0 Å². The normalized spacial score (nSPS) is 40.4. The monoisotopic (exact) mass is 168 g/mol. The summed E-state index contributed by atoms with van der Waals surface area (Å²) in [6.45, 7) is 0. The van der Waals surface area contributed by atoms with Gasteiger partial charge in [0.25, 0.3) is 0 Å². The van der Waals surface area contributed by atoms with Gasteiger partial charge < -0.3 is 15.3 Å². The average Bonchev–Trinajstić information content (AvgIpc) is 2.41. The second kappa shape index (κ2) is 2.69. The zero-order valence-electron chi connectivity index (χ0n) is 6.64. The third-order valence-electron chi connectivity index (χ3n) is 2.57. The molecular weight excluding hydrogens is 156 g/mol. The lowest BCUT2D eigenvalue weighted by atomic mass is 9.95. The predicted molar refractivity (Wildman–Crippen MR) is 43.4 cm³/mol. The Kier molecular flexibility index (Phi) is 1.79. The van der Waals surface area contributed by atoms with E-state index in [2.05, 4.69) is 0 Å². The third-order valence-corrected chi connectivity index (χ3v) is 2.57. The second-order valence-electron chi connectivity index (χ2n) is 3.33. The molecule has 0 saturated heterocycles. The molecule has 0 amide bonds. The van der Waals surface area contributed by atoms with Gasteiger partial charge in [0.05, 0.1) is 6.10 Å². The van der Waals surface area contributed by atoms with Crippen molar-refractivity contribution in [1.29, 1.82) is 0 Å². The second-order valence-corrected chi connectivity index (χ2v) is 3.33. The molecule has 0 spiro atoms. The summed E-state index contributed by atoms with van der Waals surface area (Å²) in [6, 6.07) is 0. The van der Waals surface area contributed by atoms with Crippen molar-refractivity contribution in [3.05, 3.63) is 23.3 Å². The van der Waals surface area contributed by atoms with Crippen LogP contribution in [0.1, 0.15) is 12.8 Å². The fraction of sp³-hybridized carbons (Fsp3) is 0.556. The lowest BCUT2D eigenvalue weighted by Gasteiger charge is -2.21. The van der Waals surface area contributed by atoms with Crippen LogP contribution in [0.4, 0.5) is 0 Å². The topological polar surface area (TPSA) is 60.7 Å². The van der Waals surface area contributed by atoms with Crippen LogP contribution in [0.2, 0.25) is 0 Å². The van der Waals surface area contributed by atoms with E-state index in [9.17, 15) is 15.3 Å². The minimum atomic E-state index is -0.804. The van der Waals surface area contributed by atoms with E-state index in [4.69, 9.17) is 0 Å². The van der Waals surface area contributed by atoms with E-state index in [1.54, 1.807) is 6.08 Å². The van der Waals surface area contributed by atoms with E-state index >= 15 is 0 Å². The van der Waals surface area contributed by atoms with Crippen LogP contribution in [0.15, 0.2) is 23.3 Å². The lowest BCUT2D eigenvalue weighted by molar-refractivity contribution is 0.0694. The van der Waals surface area contributed by atoms with Gasteiger partial charge in [0.2, 0.25) is 0 Å². The molecule has 0 aromatic carbocycles. The predicted octanol–water partition coefficient (Wildman–Crippen LogP) is -0.271. The molecule has 2 aliphatic rings. The molecule has 3 N–H and O–H groups in total. The van der Waals surface area contributed by atoms with Gasteiger partial charge in [-0.1, -0.05) is 12.2 Å². The maximum atomic E-state index is 9.50. The highest BCUT2D eigenvalue weighted by atomic mass is 16.3. The number of aliphatic hydroxyl groups is 3. The zero-order chi connectivity index (χ0) is 8.72. The Bertz CT molecular complexity index is 254. The highest BCUT2D eigenvalue weighted by Gasteiger charge is 2.31. The first-order valence-electron chi connectivity index (χ1n) is 4.15. The molecule has 3 nitrogen and oxygen atoms in total. The SMILES string of the molecule is O[C@@H]1CCC2=C1C=C[C@H](O)[C@@H]2O. The summed E-state index contributed by atoms with van der Waals surface area (Å²) in [6.07, 6.45) is 2.55. The Labute approximate surface area is 70.7 Å². The Morgan fingerprint density at radius 1 is 1.25 bits per heavy atom. The Morgan fingerprint density at radius 3 is 2.75 bits per heavy atom. The molecule has 0 saturated carbocycles. The van der Waals surface area contributed by atoms with E-state index in [1.165, 1.54) is 6.08 Å². The largest absolute Gasteiger partial charge is 0.388 e. The van der Waals surface area contributed by atoms with Gasteiger partial charge in [-0.3, -0.25) is 0 Å². The van der Waals surface area contributed by atoms with E-state index in [0.29, 0.717) is 12.8 Å². The first-order chi connectivity index (χ1) is 5.70. The molecule has 0 aromatic heterocycles. The van der Waals surface area contributed by atoms with Gasteiger partial charge in [0.15, 0.2) is 0 Å². The highest BCUT2D eigenvalue weighted by Crippen LogP contribution is 2.33. The van der Waals surface area contributed by atoms with Crippen molar-refractivity contribution in [2.24, 2.45) is 0 Å². The highest BCUT2D eigenvalue weighted by molar-refractivity contribution is 5.40. The minimum absolute atomic E-state index is 0.446. The van der Waals surface area contributed by atoms with Crippen LogP contribution in [0, 0.1) is 0 Å². The van der Waals surface area contributed by atoms with Crippen molar-refractivity contribution in [3.63, 3.8) is 0 Å². The fourth-order valence-electron chi connectivity index (χ4n) is 1.86. The number of hydrogen-bond acceptors (Lipinski definition) is 3. The van der Waals surface area contributed by atoms with Gasteiger partial charge in [-0.25, -0.2) is 0 Å². The molecule has 66 valence electrons. The summed E-state index contributed by atoms with van der Waals surface area (Å²) >= 11 is 0. The van der Waals surface area contributed by atoms with Crippen molar-refractivity contribution < 1.29 is 15.3 Å². The van der Waals surface area contributed by atoms with Gasteiger partial charge in [-0.2, -0.15) is 0 Å². The molecule has 3 atom stereocenters. The summed E-state index contributed by atoms with van der Waals surface area (Å²) in [5.74, 6) is 0. The molecule has 2 aliphatic carbocycles. The standard InChI is InChI=1S/C9H12O3/c10-7-3-2-6-5(7)1-4-8(11)9(6)12/h1,4,7-12H,2-3H2/t7-,8+,9-/m1/s1. The van der Waals surface area contributed by atoms with Crippen molar-refractivity contribution >= 4 is 0 Å². The van der Waals surface area contributed by atoms with Crippen molar-refractivity contribution in [2.45, 2.75) is 31.2 Å². The molecule has 0 aromatic rings. The summed E-state index contributed by atoms with van der Waals surface area (Å²) in [7, 11) is 0. The van der Waals surface area contributed by atoms with E-state index in [1.807, 2.05) is 0 Å². The van der Waals surface area contributed by atoms with Gasteiger partial charge in [-0.15, -0.1) is 0 Å². The summed E-state index contributed by atoms with van der Waals surface area (Å²) < 4.78 is 0. The third kappa shape index (κ3) is 1.02. The first kappa shape index (κ1) is 7.98. The molecule has 0 bridgehead atoms. The average molecular weight is 168 g/mol. The molecule has 12 heavy (non-hydrogen) atoms. The maximum Gasteiger partial charge on any atom is 0.105 e.